The maximum Gasteiger partial charge on any atom is 0.0481 e. The highest BCUT2D eigenvalue weighted by atomic mass is 79.9. The zero-order valence-corrected chi connectivity index (χ0v) is 11.0. The van der Waals surface area contributed by atoms with Crippen molar-refractivity contribution in [3.8, 4) is 0 Å². The first-order chi connectivity index (χ1) is 7.24. The summed E-state index contributed by atoms with van der Waals surface area (Å²) in [6.07, 6.45) is 0. The van der Waals surface area contributed by atoms with Crippen LogP contribution in [0, 0.1) is 0 Å². The lowest BCUT2D eigenvalue weighted by molar-refractivity contribution is 0.223. The summed E-state index contributed by atoms with van der Waals surface area (Å²) in [6, 6.07) is 8.62. The zero-order chi connectivity index (χ0) is 11.3. The van der Waals surface area contributed by atoms with Crippen molar-refractivity contribution in [3.05, 3.63) is 34.3 Å². The lowest BCUT2D eigenvalue weighted by atomic mass is 10.1. The summed E-state index contributed by atoms with van der Waals surface area (Å²) in [5.41, 5.74) is 7.14. The average Bonchev–Trinajstić information content (AvgIpc) is 2.27. The maximum absolute atomic E-state index is 5.86. The second-order valence-electron chi connectivity index (χ2n) is 3.49. The van der Waals surface area contributed by atoms with Gasteiger partial charge in [-0.15, -0.1) is 0 Å². The summed E-state index contributed by atoms with van der Waals surface area (Å²) in [5.74, 6) is 0. The van der Waals surface area contributed by atoms with Gasteiger partial charge in [-0.3, -0.25) is 4.90 Å². The van der Waals surface area contributed by atoms with E-state index >= 15 is 0 Å². The van der Waals surface area contributed by atoms with E-state index in [-0.39, 0.29) is 0 Å². The molecule has 0 aliphatic heterocycles. The molecule has 15 heavy (non-hydrogen) atoms. The van der Waals surface area contributed by atoms with E-state index in [0.29, 0.717) is 12.6 Å². The van der Waals surface area contributed by atoms with Gasteiger partial charge in [0.1, 0.15) is 0 Å². The Morgan fingerprint density at radius 3 is 2.33 bits per heavy atom. The Hall–Kier alpha value is -0.380. The molecule has 0 radical (unpaired) electrons. The smallest absolute Gasteiger partial charge is 0.0481 e. The Bertz CT molecular complexity index is 297. The minimum atomic E-state index is 0.315. The van der Waals surface area contributed by atoms with Crippen molar-refractivity contribution in [3.63, 3.8) is 0 Å². The number of rotatable bonds is 5. The van der Waals surface area contributed by atoms with Crippen molar-refractivity contribution in [2.45, 2.75) is 19.9 Å². The predicted octanol–water partition coefficient (Wildman–Crippen LogP) is 2.79. The molecule has 2 nitrogen and oxygen atoms in total. The topological polar surface area (TPSA) is 29.3 Å². The standard InChI is InChI=1S/C12H19BrN2/c1-3-15(4-2)12(9-14)10-7-5-6-8-11(10)13/h5-8,12H,3-4,9,14H2,1-2H3/t12-/m1/s1. The lowest BCUT2D eigenvalue weighted by Crippen LogP contribution is -2.33. The molecule has 0 bridgehead atoms. The predicted molar refractivity (Wildman–Crippen MR) is 68.9 cm³/mol. The Morgan fingerprint density at radius 2 is 1.87 bits per heavy atom. The van der Waals surface area contributed by atoms with Crippen LogP contribution in [-0.2, 0) is 0 Å². The number of nitrogens with zero attached hydrogens (tertiary/aromatic N) is 1. The first-order valence-corrected chi connectivity index (χ1v) is 6.22. The van der Waals surface area contributed by atoms with Crippen molar-refractivity contribution >= 4 is 15.9 Å². The normalized spacial score (nSPS) is 13.1. The zero-order valence-electron chi connectivity index (χ0n) is 9.41. The fourth-order valence-electron chi connectivity index (χ4n) is 1.88. The quantitative estimate of drug-likeness (QED) is 0.892. The van der Waals surface area contributed by atoms with Crippen molar-refractivity contribution in [2.24, 2.45) is 5.73 Å². The highest BCUT2D eigenvalue weighted by molar-refractivity contribution is 9.10. The molecule has 0 saturated carbocycles. The minimum Gasteiger partial charge on any atom is -0.329 e. The Kier molecular flexibility index (Phi) is 5.29. The van der Waals surface area contributed by atoms with Crippen LogP contribution in [0.4, 0.5) is 0 Å². The summed E-state index contributed by atoms with van der Waals surface area (Å²) in [4.78, 5) is 2.38. The van der Waals surface area contributed by atoms with E-state index in [1.165, 1.54) is 5.56 Å². The molecule has 2 N–H and O–H groups in total. The van der Waals surface area contributed by atoms with Crippen LogP contribution in [0.1, 0.15) is 25.5 Å². The fourth-order valence-corrected chi connectivity index (χ4v) is 2.43. The van der Waals surface area contributed by atoms with E-state index < -0.39 is 0 Å². The summed E-state index contributed by atoms with van der Waals surface area (Å²) in [6.45, 7) is 7.05. The molecule has 1 aromatic rings. The Balaban J connectivity index is 2.96. The summed E-state index contributed by atoms with van der Waals surface area (Å²) >= 11 is 3.58. The van der Waals surface area contributed by atoms with Crippen molar-refractivity contribution in [2.75, 3.05) is 19.6 Å². The average molecular weight is 271 g/mol. The van der Waals surface area contributed by atoms with Gasteiger partial charge in [-0.25, -0.2) is 0 Å². The van der Waals surface area contributed by atoms with E-state index in [9.17, 15) is 0 Å². The van der Waals surface area contributed by atoms with Crippen LogP contribution in [0.15, 0.2) is 28.7 Å². The van der Waals surface area contributed by atoms with Crippen molar-refractivity contribution in [1.29, 1.82) is 0 Å². The van der Waals surface area contributed by atoms with Gasteiger partial charge in [0.15, 0.2) is 0 Å². The molecular weight excluding hydrogens is 252 g/mol. The van der Waals surface area contributed by atoms with E-state index in [1.807, 2.05) is 6.07 Å². The fraction of sp³-hybridized carbons (Fsp3) is 0.500. The van der Waals surface area contributed by atoms with Crippen molar-refractivity contribution < 1.29 is 0 Å². The summed E-state index contributed by atoms with van der Waals surface area (Å²) < 4.78 is 1.15. The third kappa shape index (κ3) is 3.03. The van der Waals surface area contributed by atoms with Crippen molar-refractivity contribution in [1.82, 2.24) is 4.90 Å². The SMILES string of the molecule is CCN(CC)[C@H](CN)c1ccccc1Br. The molecular formula is C12H19BrN2. The van der Waals surface area contributed by atoms with Crippen LogP contribution >= 0.6 is 15.9 Å². The third-order valence-electron chi connectivity index (χ3n) is 2.74. The van der Waals surface area contributed by atoms with Crippen LogP contribution in [0.3, 0.4) is 0 Å². The van der Waals surface area contributed by atoms with Gasteiger partial charge >= 0.3 is 0 Å². The molecule has 1 rings (SSSR count). The van der Waals surface area contributed by atoms with E-state index in [0.717, 1.165) is 17.6 Å². The van der Waals surface area contributed by atoms with Crippen LogP contribution in [-0.4, -0.2) is 24.5 Å². The molecule has 84 valence electrons. The van der Waals surface area contributed by atoms with E-state index in [2.05, 4.69) is 52.9 Å². The number of benzene rings is 1. The molecule has 1 aromatic carbocycles. The van der Waals surface area contributed by atoms with E-state index in [4.69, 9.17) is 5.73 Å². The van der Waals surface area contributed by atoms with E-state index in [1.54, 1.807) is 0 Å². The molecule has 0 fully saturated rings. The molecule has 0 aromatic heterocycles. The van der Waals surface area contributed by atoms with Gasteiger partial charge in [0.05, 0.1) is 0 Å². The minimum absolute atomic E-state index is 0.315. The largest absolute Gasteiger partial charge is 0.329 e. The van der Waals surface area contributed by atoms with Gasteiger partial charge in [-0.1, -0.05) is 48.0 Å². The Labute approximate surface area is 101 Å². The van der Waals surface area contributed by atoms with Gasteiger partial charge in [-0.05, 0) is 24.7 Å². The number of nitrogens with two attached hydrogens (primary N) is 1. The van der Waals surface area contributed by atoms with Crippen LogP contribution in [0.2, 0.25) is 0 Å². The molecule has 0 heterocycles. The van der Waals surface area contributed by atoms with Gasteiger partial charge in [0.25, 0.3) is 0 Å². The monoisotopic (exact) mass is 270 g/mol. The van der Waals surface area contributed by atoms with Gasteiger partial charge in [0.2, 0.25) is 0 Å². The number of halogens is 1. The second-order valence-corrected chi connectivity index (χ2v) is 4.35. The number of likely N-dealkylation sites (N-methyl/N-ethyl adjacent to an activating group) is 1. The van der Waals surface area contributed by atoms with Crippen LogP contribution < -0.4 is 5.73 Å². The van der Waals surface area contributed by atoms with Gasteiger partial charge in [0, 0.05) is 17.1 Å². The van der Waals surface area contributed by atoms with Gasteiger partial charge in [-0.2, -0.15) is 0 Å². The first kappa shape index (κ1) is 12.7. The summed E-state index contributed by atoms with van der Waals surface area (Å²) in [7, 11) is 0. The Morgan fingerprint density at radius 1 is 1.27 bits per heavy atom. The maximum atomic E-state index is 5.86. The molecule has 0 amide bonds. The highest BCUT2D eigenvalue weighted by Gasteiger charge is 2.17. The second kappa shape index (κ2) is 6.26. The number of hydrogen-bond acceptors (Lipinski definition) is 2. The molecule has 0 spiro atoms. The molecule has 3 heteroatoms. The molecule has 0 aliphatic rings. The van der Waals surface area contributed by atoms with Crippen LogP contribution in [0.5, 0.6) is 0 Å². The molecule has 0 saturated heterocycles. The highest BCUT2D eigenvalue weighted by Crippen LogP contribution is 2.26. The molecule has 1 atom stereocenters. The molecule has 0 unspecified atom stereocenters. The van der Waals surface area contributed by atoms with Gasteiger partial charge < -0.3 is 5.73 Å². The van der Waals surface area contributed by atoms with Crippen LogP contribution in [0.25, 0.3) is 0 Å². The lowest BCUT2D eigenvalue weighted by Gasteiger charge is -2.29. The third-order valence-corrected chi connectivity index (χ3v) is 3.46. The first-order valence-electron chi connectivity index (χ1n) is 5.43. The number of hydrogen-bond donors (Lipinski definition) is 1. The summed E-state index contributed by atoms with van der Waals surface area (Å²) in [5, 5.41) is 0. The molecule has 0 aliphatic carbocycles.